The largest absolute Gasteiger partial charge is 0.481 e. The average molecular weight is 2150 g/mol. The van der Waals surface area contributed by atoms with Crippen LogP contribution in [0.5, 0.6) is 0 Å². The number of carboxylic acids is 4. The summed E-state index contributed by atoms with van der Waals surface area (Å²) in [5.41, 5.74) is 27.8. The smallest absolute Gasteiger partial charge is 0.326 e. The van der Waals surface area contributed by atoms with Crippen molar-refractivity contribution in [2.45, 2.75) is 306 Å². The summed E-state index contributed by atoms with van der Waals surface area (Å²) in [4.78, 5) is 338. The maximum Gasteiger partial charge on any atom is 0.326 e. The van der Waals surface area contributed by atoms with Gasteiger partial charge >= 0.3 is 23.9 Å². The Hall–Kier alpha value is -14.6. The van der Waals surface area contributed by atoms with Gasteiger partial charge in [0, 0.05) is 32.4 Å². The number of aliphatic hydroxyl groups is 3. The molecule has 2 rings (SSSR count). The third-order valence-corrected chi connectivity index (χ3v) is 23.8. The number of benzene rings is 1. The topological polar surface area (TPSA) is 954 Å². The van der Waals surface area contributed by atoms with Gasteiger partial charge in [-0.3, -0.25) is 120 Å². The highest BCUT2D eigenvalue weighted by atomic mass is 32.2. The number of unbranched alkanes of at least 4 members (excludes halogenated alkanes) is 1. The zero-order chi connectivity index (χ0) is 114. The summed E-state index contributed by atoms with van der Waals surface area (Å²) in [6, 6.07) is -21.2. The van der Waals surface area contributed by atoms with Crippen LogP contribution in [0.1, 0.15) is 184 Å². The first-order valence-electron chi connectivity index (χ1n) is 48.5. The first kappa shape index (κ1) is 131. The van der Waals surface area contributed by atoms with Gasteiger partial charge in [0.15, 0.2) is 5.96 Å². The van der Waals surface area contributed by atoms with Crippen molar-refractivity contribution in [1.82, 2.24) is 106 Å². The van der Waals surface area contributed by atoms with Crippen LogP contribution in [0.2, 0.25) is 0 Å². The Morgan fingerprint density at radius 3 is 1.35 bits per heavy atom. The fourth-order valence-electron chi connectivity index (χ4n) is 14.8. The van der Waals surface area contributed by atoms with Gasteiger partial charge in [0.1, 0.15) is 96.7 Å². The van der Waals surface area contributed by atoms with Crippen LogP contribution in [-0.4, -0.2) is 367 Å². The van der Waals surface area contributed by atoms with Crippen molar-refractivity contribution in [2.75, 3.05) is 51.3 Å². The van der Waals surface area contributed by atoms with Crippen LogP contribution in [0.3, 0.4) is 0 Å². The van der Waals surface area contributed by atoms with E-state index >= 15 is 0 Å². The lowest BCUT2D eigenvalue weighted by molar-refractivity contribution is -0.143. The van der Waals surface area contributed by atoms with Crippen LogP contribution in [0.4, 0.5) is 0 Å². The number of likely N-dealkylation sites (tertiary alicyclic amines) is 1. The lowest BCUT2D eigenvalue weighted by atomic mass is 9.97. The van der Waals surface area contributed by atoms with E-state index < -0.39 is 344 Å². The van der Waals surface area contributed by atoms with E-state index in [1.165, 1.54) is 46.4 Å². The molecule has 1 saturated heterocycles. The van der Waals surface area contributed by atoms with Gasteiger partial charge in [-0.1, -0.05) is 78.3 Å². The molecule has 0 radical (unpaired) electrons. The summed E-state index contributed by atoms with van der Waals surface area (Å²) >= 11 is 1.23. The highest BCUT2D eigenvalue weighted by Gasteiger charge is 2.44. The van der Waals surface area contributed by atoms with Gasteiger partial charge in [-0.05, 0) is 140 Å². The lowest BCUT2D eigenvalue weighted by Crippen LogP contribution is -2.62. The normalized spacial score (nSPS) is 16.1. The molecule has 0 aromatic heterocycles. The Labute approximate surface area is 868 Å². The van der Waals surface area contributed by atoms with Crippen molar-refractivity contribution in [1.29, 1.82) is 5.41 Å². The Bertz CT molecular complexity index is 4850. The van der Waals surface area contributed by atoms with Gasteiger partial charge in [0.2, 0.25) is 124 Å². The first-order valence-corrected chi connectivity index (χ1v) is 49.9. The quantitative estimate of drug-likeness (QED) is 0.0164. The predicted molar refractivity (Wildman–Crippen MR) is 532 cm³/mol. The molecule has 37 N–H and O–H groups in total. The van der Waals surface area contributed by atoms with Crippen molar-refractivity contribution in [3.63, 3.8) is 0 Å². The van der Waals surface area contributed by atoms with Gasteiger partial charge in [0.25, 0.3) is 0 Å². The number of nitrogens with one attached hydrogen (secondary N) is 20. The third kappa shape index (κ3) is 49.0. The summed E-state index contributed by atoms with van der Waals surface area (Å²) < 4.78 is 0. The predicted octanol–water partition coefficient (Wildman–Crippen LogP) is -11.7. The molecule has 1 heterocycles. The van der Waals surface area contributed by atoms with Gasteiger partial charge in [0.05, 0.1) is 63.3 Å². The van der Waals surface area contributed by atoms with Gasteiger partial charge in [-0.25, -0.2) is 4.79 Å². The SMILES string of the molecule is CC[C@H](C)[C@H](NC(=O)[C@H](CC(=O)O)NC(=O)CNC(=O)[C@@H](NC(=O)[C@@H](NC(=O)[C@H](C)NC(=O)[C@@H](N)CCC(N)=O)[C@@H](C)O)C(C)C)C(=O)N[C@@H](CC(N)=O)C(=O)N[C@H](C(=O)N[C@@H](CCC(=O)O)C(=O)N[C@@H](CCCNC(=N)N)C(=O)N1CCC[C@H]1C(=O)NCC(=O)N[C@@H](CCSC)C(=O)N[C@@H](CC(C)C)C(=O)N[C@@H](CC(=O)O)C(=O)N[C@@H](Cc1ccccc1)C(=O)N[C@H](C(=O)NCC(=O)N[C@@H](CCCCN)C(=O)O)[C@@H](C)O)[C@@H](C)O. The number of nitrogens with zero attached hydrogens (tertiary/aromatic N) is 1. The Morgan fingerprint density at radius 2 is 0.847 bits per heavy atom. The Balaban J connectivity index is 2.43. The molecule has 0 unspecified atom stereocenters. The van der Waals surface area contributed by atoms with Crippen LogP contribution < -0.4 is 130 Å². The molecule has 1 aromatic carbocycles. The number of guanidine groups is 1. The molecule has 840 valence electrons. The molecule has 0 saturated carbocycles. The van der Waals surface area contributed by atoms with E-state index in [9.17, 15) is 156 Å². The molecule has 150 heavy (non-hydrogen) atoms. The summed E-state index contributed by atoms with van der Waals surface area (Å²) in [5, 5.41) is 123. The van der Waals surface area contributed by atoms with Crippen LogP contribution in [0, 0.1) is 23.2 Å². The number of aliphatic hydroxyl groups excluding tert-OH is 3. The summed E-state index contributed by atoms with van der Waals surface area (Å²) in [6.07, 6.45) is -9.27. The molecular weight excluding hydrogens is 2000 g/mol. The highest BCUT2D eigenvalue weighted by molar-refractivity contribution is 7.98. The number of rotatable bonds is 71. The molecule has 59 heteroatoms. The number of carboxylic acid groups (broad SMARTS) is 4. The third-order valence-electron chi connectivity index (χ3n) is 23.2. The van der Waals surface area contributed by atoms with E-state index in [1.807, 2.05) is 0 Å². The highest BCUT2D eigenvalue weighted by Crippen LogP contribution is 2.22. The minimum absolute atomic E-state index is 0.0112. The van der Waals surface area contributed by atoms with Crippen LogP contribution in [0.15, 0.2) is 30.3 Å². The molecule has 1 fully saturated rings. The van der Waals surface area contributed by atoms with Crippen molar-refractivity contribution < 1.29 is 156 Å². The van der Waals surface area contributed by atoms with Gasteiger partial charge in [-0.2, -0.15) is 11.8 Å². The molecule has 0 spiro atoms. The number of aliphatic carboxylic acids is 4. The molecule has 21 atom stereocenters. The standard InChI is InChI=1S/C91H148N26O32S/c1-12-44(6)70(113-82(140)58(37-67(128)129)105-65(125)41-100-84(142)69(43(4)5)112-88(146)73(48(10)120)114-74(132)45(7)102-75(133)50(93)25-27-61(94)121)86(144)111-57(36-62(95)122)81(139)116-72(47(9)119)87(145)106-51(26-28-66(126)127)76(134)107-53(23-18-31-98-91(96)97)89(147)117-32-19-24-60(117)83(141)99-39-63(123)103-52(29-33-150-11)77(135)108-55(34-42(2)3)78(136)110-59(38-68(130)131)79(137)109-56(35-49-20-14-13-15-21-49)80(138)115-71(46(8)118)85(143)101-40-64(124)104-54(90(148)149)22-16-17-30-92/h13-15,20-21,42-48,50-60,69-73,118-120H,12,16-19,22-41,92-93H2,1-11H3,(H2,94,121)(H2,95,122)(H,99,141)(H,100,142)(H,101,143)(H,102,133)(H,103,123)(H,104,124)(H,105,125)(H,106,145)(H,107,134)(H,108,135)(H,109,137)(H,110,136)(H,111,144)(H,112,146)(H,113,140)(H,114,132)(H,115,138)(H,116,139)(H,126,127)(H,128,129)(H,130,131)(H,148,149)(H4,96,97,98)/t44-,45-,46+,47+,48+,50-,51-,52-,53-,54-,55-,56-,57-,58-,59-,60-,69-,70-,71-,72-,73-/m0/s1. The number of carbonyl (C=O) groups excluding carboxylic acids is 21. The fourth-order valence-corrected chi connectivity index (χ4v) is 15.2. The maximum atomic E-state index is 14.9. The number of amides is 21. The van der Waals surface area contributed by atoms with Crippen molar-refractivity contribution in [2.24, 2.45) is 46.4 Å². The number of hydrogen-bond acceptors (Lipinski definition) is 32. The number of primary amides is 2. The van der Waals surface area contributed by atoms with E-state index in [0.29, 0.717) is 18.4 Å². The van der Waals surface area contributed by atoms with E-state index in [4.69, 9.17) is 34.1 Å². The van der Waals surface area contributed by atoms with Crippen molar-refractivity contribution in [3.05, 3.63) is 35.9 Å². The van der Waals surface area contributed by atoms with E-state index in [-0.39, 0.29) is 96.0 Å². The monoisotopic (exact) mass is 2150 g/mol. The Kier molecular flexibility index (Phi) is 59.0. The van der Waals surface area contributed by atoms with E-state index in [2.05, 4.69) is 101 Å². The Morgan fingerprint density at radius 1 is 0.420 bits per heavy atom. The summed E-state index contributed by atoms with van der Waals surface area (Å²) in [5.74, 6) is -32.4. The van der Waals surface area contributed by atoms with Gasteiger partial charge < -0.3 is 170 Å². The second kappa shape index (κ2) is 67.4. The zero-order valence-corrected chi connectivity index (χ0v) is 86.2. The molecule has 0 aliphatic carbocycles. The maximum absolute atomic E-state index is 14.9. The second-order valence-corrected chi connectivity index (χ2v) is 37.7. The fraction of sp³-hybridized carbons (Fsp3) is 0.648. The minimum Gasteiger partial charge on any atom is -0.481 e. The summed E-state index contributed by atoms with van der Waals surface area (Å²) in [6.45, 7) is 10.8. The molecular formula is C91H148N26O32S. The zero-order valence-electron chi connectivity index (χ0n) is 85.4. The van der Waals surface area contributed by atoms with Gasteiger partial charge in [-0.15, -0.1) is 0 Å². The summed E-state index contributed by atoms with van der Waals surface area (Å²) in [7, 11) is 0. The number of nitrogens with two attached hydrogens (primary N) is 5. The van der Waals surface area contributed by atoms with Crippen molar-refractivity contribution >= 4 is 166 Å². The minimum atomic E-state index is -2.19. The van der Waals surface area contributed by atoms with Crippen LogP contribution in [0.25, 0.3) is 0 Å². The lowest BCUT2D eigenvalue weighted by Gasteiger charge is -2.31. The van der Waals surface area contributed by atoms with Crippen LogP contribution >= 0.6 is 11.8 Å². The number of hydrogen-bond donors (Lipinski definition) is 32. The molecule has 1 aliphatic rings. The number of thioether (sulfide) groups is 1. The number of carbonyl (C=O) groups is 25. The van der Waals surface area contributed by atoms with Crippen LogP contribution in [-0.2, 0) is 126 Å². The first-order chi connectivity index (χ1) is 70.3. The average Bonchev–Trinajstić information content (AvgIpc) is 1.51. The van der Waals surface area contributed by atoms with Crippen molar-refractivity contribution in [3.8, 4) is 0 Å². The molecule has 1 aliphatic heterocycles. The molecule has 58 nitrogen and oxygen atoms in total. The second-order valence-electron chi connectivity index (χ2n) is 36.7. The van der Waals surface area contributed by atoms with E-state index in [1.54, 1.807) is 50.4 Å². The molecule has 1 aromatic rings. The molecule has 0 bridgehead atoms. The van der Waals surface area contributed by atoms with E-state index in [0.717, 1.165) is 25.7 Å². The molecule has 21 amide bonds.